The van der Waals surface area contributed by atoms with Crippen LogP contribution in [0.15, 0.2) is 6.07 Å². The number of aromatic nitrogens is 1. The van der Waals surface area contributed by atoms with E-state index in [0.717, 1.165) is 0 Å². The van der Waals surface area contributed by atoms with Gasteiger partial charge in [0.25, 0.3) is 0 Å². The van der Waals surface area contributed by atoms with Gasteiger partial charge in [-0.25, -0.2) is 4.98 Å². The van der Waals surface area contributed by atoms with Crippen LogP contribution in [0.3, 0.4) is 0 Å². The summed E-state index contributed by atoms with van der Waals surface area (Å²) in [6.45, 7) is 1.71. The minimum Gasteiger partial charge on any atom is -0.495 e. The molecule has 0 unspecified atom stereocenters. The maximum absolute atomic E-state index is 9.19. The zero-order chi connectivity index (χ0) is 9.14. The standard InChI is InChI=1S/C8H8N2O2/c1-5-3-7(12-2)6(4-9)8(11)10-5/h3H,1-2H3,(H,10,11). The molecule has 0 saturated heterocycles. The van der Waals surface area contributed by atoms with E-state index in [1.165, 1.54) is 7.11 Å². The normalized spacial score (nSPS) is 9.08. The summed E-state index contributed by atoms with van der Waals surface area (Å²) in [5.74, 6) is 0.0665. The van der Waals surface area contributed by atoms with Crippen LogP contribution in [0.1, 0.15) is 11.3 Å². The molecule has 0 aliphatic heterocycles. The summed E-state index contributed by atoms with van der Waals surface area (Å²) in [5, 5.41) is 17.8. The lowest BCUT2D eigenvalue weighted by Crippen LogP contribution is -1.92. The SMILES string of the molecule is COc1cc(C)nc(O)c1C#N. The van der Waals surface area contributed by atoms with Crippen LogP contribution in [0, 0.1) is 18.3 Å². The van der Waals surface area contributed by atoms with Gasteiger partial charge in [0.05, 0.1) is 7.11 Å². The van der Waals surface area contributed by atoms with Crippen LogP contribution in [0.2, 0.25) is 0 Å². The van der Waals surface area contributed by atoms with Crippen LogP contribution in [0.4, 0.5) is 0 Å². The van der Waals surface area contributed by atoms with E-state index < -0.39 is 0 Å². The number of nitriles is 1. The van der Waals surface area contributed by atoms with Gasteiger partial charge in [0.2, 0.25) is 5.88 Å². The van der Waals surface area contributed by atoms with E-state index in [2.05, 4.69) is 4.98 Å². The summed E-state index contributed by atoms with van der Waals surface area (Å²) in [6.07, 6.45) is 0. The van der Waals surface area contributed by atoms with E-state index in [1.807, 2.05) is 0 Å². The molecule has 0 saturated carbocycles. The van der Waals surface area contributed by atoms with Crippen molar-refractivity contribution in [1.82, 2.24) is 4.98 Å². The van der Waals surface area contributed by atoms with Crippen molar-refractivity contribution in [2.45, 2.75) is 6.92 Å². The van der Waals surface area contributed by atoms with Crippen molar-refractivity contribution in [3.63, 3.8) is 0 Å². The third-order valence-corrected chi connectivity index (χ3v) is 1.42. The molecule has 62 valence electrons. The molecule has 1 aromatic heterocycles. The van der Waals surface area contributed by atoms with Crippen molar-refractivity contribution in [1.29, 1.82) is 5.26 Å². The predicted octanol–water partition coefficient (Wildman–Crippen LogP) is 0.976. The Balaban J connectivity index is 3.36. The summed E-state index contributed by atoms with van der Waals surface area (Å²) in [6, 6.07) is 3.40. The number of aromatic hydroxyl groups is 1. The monoisotopic (exact) mass is 164 g/mol. The van der Waals surface area contributed by atoms with Gasteiger partial charge < -0.3 is 9.84 Å². The van der Waals surface area contributed by atoms with Gasteiger partial charge in [-0.3, -0.25) is 0 Å². The van der Waals surface area contributed by atoms with Gasteiger partial charge in [0.15, 0.2) is 5.56 Å². The van der Waals surface area contributed by atoms with Crippen molar-refractivity contribution in [2.75, 3.05) is 7.11 Å². The molecule has 1 N–H and O–H groups in total. The van der Waals surface area contributed by atoms with Crippen molar-refractivity contribution < 1.29 is 9.84 Å². The fourth-order valence-electron chi connectivity index (χ4n) is 0.893. The Bertz CT molecular complexity index is 342. The number of aryl methyl sites for hydroxylation is 1. The van der Waals surface area contributed by atoms with Crippen LogP contribution in [-0.2, 0) is 0 Å². The highest BCUT2D eigenvalue weighted by Gasteiger charge is 2.09. The van der Waals surface area contributed by atoms with Crippen molar-refractivity contribution in [2.24, 2.45) is 0 Å². The van der Waals surface area contributed by atoms with Crippen LogP contribution < -0.4 is 4.74 Å². The first kappa shape index (κ1) is 8.34. The number of hydrogen-bond acceptors (Lipinski definition) is 4. The van der Waals surface area contributed by atoms with Crippen LogP contribution in [-0.4, -0.2) is 17.2 Å². The summed E-state index contributed by atoms with van der Waals surface area (Å²) >= 11 is 0. The Hall–Kier alpha value is -1.76. The molecule has 0 radical (unpaired) electrons. The Morgan fingerprint density at radius 1 is 1.67 bits per heavy atom. The van der Waals surface area contributed by atoms with Crippen molar-refractivity contribution in [3.05, 3.63) is 17.3 Å². The average Bonchev–Trinajstić information content (AvgIpc) is 2.03. The molecule has 0 atom stereocenters. The number of rotatable bonds is 1. The highest BCUT2D eigenvalue weighted by molar-refractivity contribution is 5.49. The molecule has 1 heterocycles. The quantitative estimate of drug-likeness (QED) is 0.671. The van der Waals surface area contributed by atoms with Gasteiger partial charge in [0, 0.05) is 11.8 Å². The lowest BCUT2D eigenvalue weighted by molar-refractivity contribution is 0.399. The smallest absolute Gasteiger partial charge is 0.233 e. The van der Waals surface area contributed by atoms with Crippen molar-refractivity contribution >= 4 is 0 Å². The van der Waals surface area contributed by atoms with E-state index in [-0.39, 0.29) is 11.4 Å². The first-order valence-corrected chi connectivity index (χ1v) is 3.33. The largest absolute Gasteiger partial charge is 0.495 e. The maximum atomic E-state index is 9.19. The number of methoxy groups -OCH3 is 1. The van der Waals surface area contributed by atoms with E-state index in [9.17, 15) is 5.11 Å². The van der Waals surface area contributed by atoms with Crippen molar-refractivity contribution in [3.8, 4) is 17.7 Å². The van der Waals surface area contributed by atoms with E-state index in [1.54, 1.807) is 19.1 Å². The van der Waals surface area contributed by atoms with E-state index in [4.69, 9.17) is 10.00 Å². The van der Waals surface area contributed by atoms with Gasteiger partial charge in [0.1, 0.15) is 11.8 Å². The highest BCUT2D eigenvalue weighted by Crippen LogP contribution is 2.25. The van der Waals surface area contributed by atoms with Gasteiger partial charge in [-0.05, 0) is 6.92 Å². The molecule has 4 heteroatoms. The number of nitrogens with zero attached hydrogens (tertiary/aromatic N) is 2. The summed E-state index contributed by atoms with van der Waals surface area (Å²) in [5.41, 5.74) is 0.687. The van der Waals surface area contributed by atoms with Gasteiger partial charge >= 0.3 is 0 Å². The topological polar surface area (TPSA) is 66.1 Å². The lowest BCUT2D eigenvalue weighted by atomic mass is 10.2. The average molecular weight is 164 g/mol. The molecule has 4 nitrogen and oxygen atoms in total. The second-order valence-electron chi connectivity index (χ2n) is 2.28. The fraction of sp³-hybridized carbons (Fsp3) is 0.250. The molecule has 1 aromatic rings. The van der Waals surface area contributed by atoms with Crippen LogP contribution in [0.25, 0.3) is 0 Å². The molecule has 0 amide bonds. The molecule has 0 aliphatic rings. The van der Waals surface area contributed by atoms with Crippen LogP contribution >= 0.6 is 0 Å². The Morgan fingerprint density at radius 3 is 2.83 bits per heavy atom. The predicted molar refractivity (Wildman–Crippen MR) is 41.9 cm³/mol. The molecule has 12 heavy (non-hydrogen) atoms. The molecular weight excluding hydrogens is 156 g/mol. The molecule has 0 bridgehead atoms. The maximum Gasteiger partial charge on any atom is 0.233 e. The highest BCUT2D eigenvalue weighted by atomic mass is 16.5. The zero-order valence-corrected chi connectivity index (χ0v) is 6.83. The van der Waals surface area contributed by atoms with E-state index in [0.29, 0.717) is 11.4 Å². The van der Waals surface area contributed by atoms with Gasteiger partial charge in [-0.15, -0.1) is 0 Å². The van der Waals surface area contributed by atoms with Gasteiger partial charge in [-0.1, -0.05) is 0 Å². The van der Waals surface area contributed by atoms with E-state index >= 15 is 0 Å². The minimum absolute atomic E-state index is 0.0723. The molecule has 0 aliphatic carbocycles. The van der Waals surface area contributed by atoms with Gasteiger partial charge in [-0.2, -0.15) is 5.26 Å². The zero-order valence-electron chi connectivity index (χ0n) is 6.83. The molecule has 0 spiro atoms. The molecule has 1 rings (SSSR count). The second-order valence-corrected chi connectivity index (χ2v) is 2.28. The molecular formula is C8H8N2O2. The fourth-order valence-corrected chi connectivity index (χ4v) is 0.893. The summed E-state index contributed by atoms with van der Waals surface area (Å²) in [4.78, 5) is 3.71. The van der Waals surface area contributed by atoms with Crippen LogP contribution in [0.5, 0.6) is 11.6 Å². The third-order valence-electron chi connectivity index (χ3n) is 1.42. The second kappa shape index (κ2) is 3.09. The lowest BCUT2D eigenvalue weighted by Gasteiger charge is -2.03. The first-order chi connectivity index (χ1) is 5.69. The molecule has 0 aromatic carbocycles. The third kappa shape index (κ3) is 1.30. The Morgan fingerprint density at radius 2 is 2.33 bits per heavy atom. The Labute approximate surface area is 70.0 Å². The number of pyridine rings is 1. The Kier molecular flexibility index (Phi) is 2.15. The number of ether oxygens (including phenoxy) is 1. The first-order valence-electron chi connectivity index (χ1n) is 3.33. The molecule has 0 fully saturated rings. The number of hydrogen-bond donors (Lipinski definition) is 1. The summed E-state index contributed by atoms with van der Waals surface area (Å²) in [7, 11) is 1.44. The summed E-state index contributed by atoms with van der Waals surface area (Å²) < 4.78 is 4.88. The minimum atomic E-state index is -0.283.